The summed E-state index contributed by atoms with van der Waals surface area (Å²) < 4.78 is 11.1. The van der Waals surface area contributed by atoms with Crippen molar-refractivity contribution < 1.29 is 14.8 Å². The predicted molar refractivity (Wildman–Crippen MR) is 78.8 cm³/mol. The van der Waals surface area contributed by atoms with E-state index in [9.17, 15) is 0 Å². The molecule has 0 fully saturated rings. The van der Waals surface area contributed by atoms with Crippen molar-refractivity contribution in [1.82, 2.24) is 0 Å². The molecule has 0 atom stereocenters. The van der Waals surface area contributed by atoms with Crippen LogP contribution in [-0.4, -0.2) is 32.4 Å². The zero-order valence-electron chi connectivity index (χ0n) is 12.7. The highest BCUT2D eigenvalue weighted by Crippen LogP contribution is 2.18. The average Bonchev–Trinajstić information content (AvgIpc) is 2.38. The third kappa shape index (κ3) is 7.19. The van der Waals surface area contributed by atoms with Gasteiger partial charge in [-0.1, -0.05) is 26.0 Å². The van der Waals surface area contributed by atoms with Gasteiger partial charge in [-0.25, -0.2) is 0 Å². The summed E-state index contributed by atoms with van der Waals surface area (Å²) in [4.78, 5) is 0. The molecular weight excluding hydrogens is 238 g/mol. The SMILES string of the molecule is CC(C)[NH2+]CCOCCOc1ccc(C(C)C)cc1. The van der Waals surface area contributed by atoms with Crippen molar-refractivity contribution >= 4 is 0 Å². The fraction of sp³-hybridized carbons (Fsp3) is 0.625. The summed E-state index contributed by atoms with van der Waals surface area (Å²) in [6.07, 6.45) is 0. The van der Waals surface area contributed by atoms with Crippen molar-refractivity contribution in [1.29, 1.82) is 0 Å². The van der Waals surface area contributed by atoms with Crippen LogP contribution in [0.25, 0.3) is 0 Å². The Morgan fingerprint density at radius 1 is 0.947 bits per heavy atom. The van der Waals surface area contributed by atoms with Crippen molar-refractivity contribution in [3.8, 4) is 5.75 Å². The smallest absolute Gasteiger partial charge is 0.119 e. The van der Waals surface area contributed by atoms with E-state index in [2.05, 4.69) is 45.1 Å². The van der Waals surface area contributed by atoms with Crippen molar-refractivity contribution in [2.75, 3.05) is 26.4 Å². The van der Waals surface area contributed by atoms with Crippen LogP contribution < -0.4 is 10.1 Å². The Labute approximate surface area is 117 Å². The molecule has 1 rings (SSSR count). The molecule has 0 spiro atoms. The minimum Gasteiger partial charge on any atom is -0.491 e. The summed E-state index contributed by atoms with van der Waals surface area (Å²) in [5.74, 6) is 1.48. The van der Waals surface area contributed by atoms with Crippen LogP contribution in [0.4, 0.5) is 0 Å². The molecule has 108 valence electrons. The lowest BCUT2D eigenvalue weighted by Crippen LogP contribution is -2.89. The summed E-state index contributed by atoms with van der Waals surface area (Å²) >= 11 is 0. The van der Waals surface area contributed by atoms with Crippen molar-refractivity contribution in [3.05, 3.63) is 29.8 Å². The molecule has 19 heavy (non-hydrogen) atoms. The third-order valence-electron chi connectivity index (χ3n) is 2.94. The van der Waals surface area contributed by atoms with E-state index in [4.69, 9.17) is 9.47 Å². The van der Waals surface area contributed by atoms with E-state index in [1.165, 1.54) is 5.56 Å². The fourth-order valence-electron chi connectivity index (χ4n) is 1.75. The van der Waals surface area contributed by atoms with Gasteiger partial charge in [0.15, 0.2) is 0 Å². The topological polar surface area (TPSA) is 35.1 Å². The van der Waals surface area contributed by atoms with Gasteiger partial charge in [0.2, 0.25) is 0 Å². The Hall–Kier alpha value is -1.06. The lowest BCUT2D eigenvalue weighted by atomic mass is 10.0. The highest BCUT2D eigenvalue weighted by atomic mass is 16.5. The Morgan fingerprint density at radius 2 is 1.63 bits per heavy atom. The Bertz CT molecular complexity index is 333. The van der Waals surface area contributed by atoms with Crippen LogP contribution in [0.1, 0.15) is 39.2 Å². The molecule has 1 aromatic rings. The summed E-state index contributed by atoms with van der Waals surface area (Å²) in [6, 6.07) is 8.94. The largest absolute Gasteiger partial charge is 0.491 e. The van der Waals surface area contributed by atoms with Gasteiger partial charge in [-0.3, -0.25) is 0 Å². The van der Waals surface area contributed by atoms with E-state index in [1.807, 2.05) is 12.1 Å². The van der Waals surface area contributed by atoms with Crippen LogP contribution in [-0.2, 0) is 4.74 Å². The van der Waals surface area contributed by atoms with E-state index in [-0.39, 0.29) is 0 Å². The average molecular weight is 266 g/mol. The van der Waals surface area contributed by atoms with Gasteiger partial charge in [-0.05, 0) is 37.5 Å². The minimum atomic E-state index is 0.564. The predicted octanol–water partition coefficient (Wildman–Crippen LogP) is 2.18. The molecule has 2 N–H and O–H groups in total. The minimum absolute atomic E-state index is 0.564. The normalized spacial score (nSPS) is 11.3. The number of benzene rings is 1. The van der Waals surface area contributed by atoms with E-state index in [1.54, 1.807) is 0 Å². The molecule has 3 heteroatoms. The molecule has 3 nitrogen and oxygen atoms in total. The van der Waals surface area contributed by atoms with Crippen LogP contribution in [0.2, 0.25) is 0 Å². The van der Waals surface area contributed by atoms with Gasteiger partial charge in [0, 0.05) is 0 Å². The highest BCUT2D eigenvalue weighted by molar-refractivity contribution is 5.28. The molecule has 0 aliphatic rings. The van der Waals surface area contributed by atoms with Gasteiger partial charge in [-0.2, -0.15) is 0 Å². The molecule has 0 aliphatic carbocycles. The van der Waals surface area contributed by atoms with Gasteiger partial charge < -0.3 is 14.8 Å². The maximum atomic E-state index is 5.63. The fourth-order valence-corrected chi connectivity index (χ4v) is 1.75. The van der Waals surface area contributed by atoms with E-state index in [0.29, 0.717) is 25.2 Å². The van der Waals surface area contributed by atoms with Gasteiger partial charge in [-0.15, -0.1) is 0 Å². The first kappa shape index (κ1) is 16.0. The second kappa shape index (κ2) is 8.94. The van der Waals surface area contributed by atoms with Crippen LogP contribution in [0.15, 0.2) is 24.3 Å². The lowest BCUT2D eigenvalue weighted by molar-refractivity contribution is -0.684. The number of rotatable bonds is 9. The molecule has 1 aromatic carbocycles. The lowest BCUT2D eigenvalue weighted by Gasteiger charge is -2.09. The van der Waals surface area contributed by atoms with Gasteiger partial charge in [0.05, 0.1) is 25.8 Å². The third-order valence-corrected chi connectivity index (χ3v) is 2.94. The Morgan fingerprint density at radius 3 is 2.21 bits per heavy atom. The number of quaternary nitrogens is 1. The molecule has 0 aromatic heterocycles. The Kier molecular flexibility index (Phi) is 7.53. The molecule has 0 saturated heterocycles. The first-order valence-electron chi connectivity index (χ1n) is 7.23. The molecule has 0 bridgehead atoms. The van der Waals surface area contributed by atoms with Gasteiger partial charge >= 0.3 is 0 Å². The quantitative estimate of drug-likeness (QED) is 0.695. The summed E-state index contributed by atoms with van der Waals surface area (Å²) in [5, 5.41) is 2.27. The van der Waals surface area contributed by atoms with Gasteiger partial charge in [0.25, 0.3) is 0 Å². The second-order valence-electron chi connectivity index (χ2n) is 5.45. The molecule has 0 radical (unpaired) electrons. The monoisotopic (exact) mass is 266 g/mol. The molecule has 0 amide bonds. The van der Waals surface area contributed by atoms with Crippen molar-refractivity contribution in [2.45, 2.75) is 39.7 Å². The number of hydrogen-bond donors (Lipinski definition) is 1. The van der Waals surface area contributed by atoms with Crippen LogP contribution >= 0.6 is 0 Å². The summed E-state index contributed by atoms with van der Waals surface area (Å²) in [7, 11) is 0. The molecule has 0 heterocycles. The van der Waals surface area contributed by atoms with Crippen LogP contribution in [0.3, 0.4) is 0 Å². The first-order valence-corrected chi connectivity index (χ1v) is 7.23. The van der Waals surface area contributed by atoms with Crippen molar-refractivity contribution in [2.24, 2.45) is 0 Å². The Balaban J connectivity index is 2.09. The first-order chi connectivity index (χ1) is 9.09. The van der Waals surface area contributed by atoms with E-state index >= 15 is 0 Å². The maximum absolute atomic E-state index is 5.63. The highest BCUT2D eigenvalue weighted by Gasteiger charge is 2.00. The molecule has 0 aliphatic heterocycles. The maximum Gasteiger partial charge on any atom is 0.119 e. The van der Waals surface area contributed by atoms with E-state index < -0.39 is 0 Å². The number of hydrogen-bond acceptors (Lipinski definition) is 2. The molecule has 0 saturated carbocycles. The van der Waals surface area contributed by atoms with E-state index in [0.717, 1.165) is 18.9 Å². The summed E-state index contributed by atoms with van der Waals surface area (Å²) in [6.45, 7) is 11.8. The zero-order chi connectivity index (χ0) is 14.1. The number of nitrogens with two attached hydrogens (primary N) is 1. The molecule has 0 unspecified atom stereocenters. The molecular formula is C16H28NO2+. The summed E-state index contributed by atoms with van der Waals surface area (Å²) in [5.41, 5.74) is 1.34. The zero-order valence-corrected chi connectivity index (χ0v) is 12.7. The number of ether oxygens (including phenoxy) is 2. The van der Waals surface area contributed by atoms with Crippen molar-refractivity contribution in [3.63, 3.8) is 0 Å². The standard InChI is InChI=1S/C16H27NO2/c1-13(2)15-5-7-16(8-6-15)19-12-11-18-10-9-17-14(3)4/h5-8,13-14,17H,9-12H2,1-4H3/p+1. The van der Waals surface area contributed by atoms with Crippen LogP contribution in [0.5, 0.6) is 5.75 Å². The van der Waals surface area contributed by atoms with Gasteiger partial charge in [0.1, 0.15) is 12.4 Å². The second-order valence-corrected chi connectivity index (χ2v) is 5.45. The van der Waals surface area contributed by atoms with Crippen LogP contribution in [0, 0.1) is 0 Å².